The molecule has 0 saturated carbocycles. The Bertz CT molecular complexity index is 1190. The number of benzene rings is 2. The van der Waals surface area contributed by atoms with Crippen LogP contribution in [0.15, 0.2) is 47.4 Å². The van der Waals surface area contributed by atoms with Gasteiger partial charge in [0.2, 0.25) is 21.8 Å². The second kappa shape index (κ2) is 9.07. The fourth-order valence-electron chi connectivity index (χ4n) is 4.43. The van der Waals surface area contributed by atoms with Gasteiger partial charge in [-0.25, -0.2) is 8.42 Å². The quantitative estimate of drug-likeness (QED) is 0.606. The predicted octanol–water partition coefficient (Wildman–Crippen LogP) is 2.96. The Morgan fingerprint density at radius 3 is 2.18 bits per heavy atom. The van der Waals surface area contributed by atoms with Gasteiger partial charge in [0.15, 0.2) is 0 Å². The van der Waals surface area contributed by atoms with Crippen molar-refractivity contribution in [1.29, 1.82) is 0 Å². The minimum Gasteiger partial charge on any atom is -0.308 e. The SMILES string of the molecule is CCN(CC)S(=O)(=O)c1ccc2c(c1)CCCN2C(=O)c1ccc(N2C(=O)CCC2=O)cc1. The molecular weight excluding hydrogens is 442 g/mol. The molecule has 9 heteroatoms. The normalized spacial score (nSPS) is 16.5. The summed E-state index contributed by atoms with van der Waals surface area (Å²) in [5.74, 6) is -0.681. The number of aryl methyl sites for hydroxylation is 1. The number of hydrogen-bond donors (Lipinski definition) is 0. The molecule has 2 aliphatic heterocycles. The molecule has 174 valence electrons. The van der Waals surface area contributed by atoms with Crippen molar-refractivity contribution in [3.8, 4) is 0 Å². The Hall–Kier alpha value is -3.04. The average molecular weight is 470 g/mol. The minimum absolute atomic E-state index is 0.204. The number of sulfonamides is 1. The van der Waals surface area contributed by atoms with Crippen LogP contribution in [0.2, 0.25) is 0 Å². The summed E-state index contributed by atoms with van der Waals surface area (Å²) in [5.41, 5.74) is 2.43. The highest BCUT2D eigenvalue weighted by molar-refractivity contribution is 7.89. The topological polar surface area (TPSA) is 95.1 Å². The van der Waals surface area contributed by atoms with E-state index in [0.717, 1.165) is 16.9 Å². The summed E-state index contributed by atoms with van der Waals surface area (Å²) >= 11 is 0. The zero-order valence-electron chi connectivity index (χ0n) is 18.8. The molecule has 2 aromatic carbocycles. The molecule has 0 unspecified atom stereocenters. The predicted molar refractivity (Wildman–Crippen MR) is 125 cm³/mol. The summed E-state index contributed by atoms with van der Waals surface area (Å²) in [5, 5.41) is 0. The van der Waals surface area contributed by atoms with Crippen LogP contribution in [0.4, 0.5) is 11.4 Å². The lowest BCUT2D eigenvalue weighted by Gasteiger charge is -2.30. The number of carbonyl (C=O) groups excluding carboxylic acids is 3. The fraction of sp³-hybridized carbons (Fsp3) is 0.375. The number of fused-ring (bicyclic) bond motifs is 1. The molecule has 1 fully saturated rings. The molecule has 33 heavy (non-hydrogen) atoms. The van der Waals surface area contributed by atoms with Crippen molar-refractivity contribution in [3.63, 3.8) is 0 Å². The van der Waals surface area contributed by atoms with Gasteiger partial charge in [-0.1, -0.05) is 13.8 Å². The second-order valence-electron chi connectivity index (χ2n) is 8.11. The standard InChI is InChI=1S/C24H27N3O5S/c1-3-25(4-2)33(31,32)20-11-12-21-18(16-20)6-5-15-26(21)24(30)17-7-9-19(10-8-17)27-22(28)13-14-23(27)29/h7-12,16H,3-6,13-15H2,1-2H3. The van der Waals surface area contributed by atoms with E-state index in [2.05, 4.69) is 0 Å². The van der Waals surface area contributed by atoms with Gasteiger partial charge in [0.05, 0.1) is 10.6 Å². The molecule has 0 N–H and O–H groups in total. The Morgan fingerprint density at radius 2 is 1.58 bits per heavy atom. The highest BCUT2D eigenvalue weighted by Gasteiger charge is 2.31. The van der Waals surface area contributed by atoms with E-state index < -0.39 is 10.0 Å². The molecule has 1 saturated heterocycles. The smallest absolute Gasteiger partial charge is 0.258 e. The lowest BCUT2D eigenvalue weighted by molar-refractivity contribution is -0.121. The molecule has 4 rings (SSSR count). The number of anilines is 2. The second-order valence-corrected chi connectivity index (χ2v) is 10.0. The van der Waals surface area contributed by atoms with Gasteiger partial charge in [0, 0.05) is 43.7 Å². The van der Waals surface area contributed by atoms with Crippen LogP contribution in [0.25, 0.3) is 0 Å². The van der Waals surface area contributed by atoms with Crippen molar-refractivity contribution in [2.75, 3.05) is 29.4 Å². The number of hydrogen-bond acceptors (Lipinski definition) is 5. The lowest BCUT2D eigenvalue weighted by Crippen LogP contribution is -2.36. The minimum atomic E-state index is -3.58. The molecule has 8 nitrogen and oxygen atoms in total. The van der Waals surface area contributed by atoms with Crippen LogP contribution in [0.1, 0.15) is 49.0 Å². The summed E-state index contributed by atoms with van der Waals surface area (Å²) in [6.07, 6.45) is 1.83. The molecule has 0 aromatic heterocycles. The van der Waals surface area contributed by atoms with E-state index in [1.54, 1.807) is 61.2 Å². The summed E-state index contributed by atoms with van der Waals surface area (Å²) in [7, 11) is -3.58. The highest BCUT2D eigenvalue weighted by atomic mass is 32.2. The zero-order chi connectivity index (χ0) is 23.8. The third-order valence-electron chi connectivity index (χ3n) is 6.18. The van der Waals surface area contributed by atoms with E-state index >= 15 is 0 Å². The van der Waals surface area contributed by atoms with E-state index in [1.807, 2.05) is 0 Å². The van der Waals surface area contributed by atoms with Gasteiger partial charge in [-0.3, -0.25) is 19.3 Å². The Labute approximate surface area is 193 Å². The van der Waals surface area contributed by atoms with Gasteiger partial charge >= 0.3 is 0 Å². The van der Waals surface area contributed by atoms with Gasteiger partial charge < -0.3 is 4.90 Å². The van der Waals surface area contributed by atoms with Crippen molar-refractivity contribution >= 4 is 39.1 Å². The lowest BCUT2D eigenvalue weighted by atomic mass is 10.0. The van der Waals surface area contributed by atoms with Crippen molar-refractivity contribution in [3.05, 3.63) is 53.6 Å². The third kappa shape index (κ3) is 4.18. The largest absolute Gasteiger partial charge is 0.308 e. The number of rotatable bonds is 6. The Morgan fingerprint density at radius 1 is 0.939 bits per heavy atom. The summed E-state index contributed by atoms with van der Waals surface area (Å²) in [6, 6.07) is 11.4. The molecule has 0 atom stereocenters. The number of imide groups is 1. The number of nitrogens with zero attached hydrogens (tertiary/aromatic N) is 3. The van der Waals surface area contributed by atoms with Crippen LogP contribution in [-0.4, -0.2) is 50.1 Å². The van der Waals surface area contributed by atoms with E-state index in [9.17, 15) is 22.8 Å². The van der Waals surface area contributed by atoms with Crippen molar-refractivity contribution in [2.45, 2.75) is 44.4 Å². The molecule has 0 radical (unpaired) electrons. The maximum absolute atomic E-state index is 13.3. The van der Waals surface area contributed by atoms with Crippen LogP contribution >= 0.6 is 0 Å². The molecule has 0 spiro atoms. The molecule has 2 aromatic rings. The van der Waals surface area contributed by atoms with Crippen molar-refractivity contribution in [2.24, 2.45) is 0 Å². The van der Waals surface area contributed by atoms with Gasteiger partial charge in [0.25, 0.3) is 5.91 Å². The number of amides is 3. The molecule has 2 heterocycles. The first kappa shape index (κ1) is 23.1. The molecule has 3 amide bonds. The number of carbonyl (C=O) groups is 3. The fourth-order valence-corrected chi connectivity index (χ4v) is 5.94. The van der Waals surface area contributed by atoms with Gasteiger partial charge in [-0.05, 0) is 60.9 Å². The molecule has 0 aliphatic carbocycles. The maximum atomic E-state index is 13.3. The average Bonchev–Trinajstić information content (AvgIpc) is 3.16. The van der Waals surface area contributed by atoms with Gasteiger partial charge in [-0.15, -0.1) is 0 Å². The highest BCUT2D eigenvalue weighted by Crippen LogP contribution is 2.32. The Balaban J connectivity index is 1.60. The molecular formula is C24H27N3O5S. The van der Waals surface area contributed by atoms with E-state index in [-0.39, 0.29) is 35.5 Å². The van der Waals surface area contributed by atoms with E-state index in [4.69, 9.17) is 0 Å². The monoisotopic (exact) mass is 469 g/mol. The van der Waals surface area contributed by atoms with Gasteiger partial charge in [-0.2, -0.15) is 4.31 Å². The Kier molecular flexibility index (Phi) is 6.36. The first-order chi connectivity index (χ1) is 15.8. The van der Waals surface area contributed by atoms with Crippen molar-refractivity contribution < 1.29 is 22.8 Å². The van der Waals surface area contributed by atoms with Crippen LogP contribution in [0.5, 0.6) is 0 Å². The first-order valence-electron chi connectivity index (χ1n) is 11.2. The summed E-state index contributed by atoms with van der Waals surface area (Å²) in [6.45, 7) is 4.93. The zero-order valence-corrected chi connectivity index (χ0v) is 19.6. The summed E-state index contributed by atoms with van der Waals surface area (Å²) < 4.78 is 27.2. The first-order valence-corrected chi connectivity index (χ1v) is 12.6. The van der Waals surface area contributed by atoms with Crippen molar-refractivity contribution in [1.82, 2.24) is 4.31 Å². The van der Waals surface area contributed by atoms with Crippen LogP contribution < -0.4 is 9.80 Å². The molecule has 0 bridgehead atoms. The maximum Gasteiger partial charge on any atom is 0.258 e. The van der Waals surface area contributed by atoms with E-state index in [1.165, 1.54) is 4.31 Å². The van der Waals surface area contributed by atoms with Crippen LogP contribution in [-0.2, 0) is 26.0 Å². The van der Waals surface area contributed by atoms with Crippen LogP contribution in [0.3, 0.4) is 0 Å². The van der Waals surface area contributed by atoms with Gasteiger partial charge in [0.1, 0.15) is 0 Å². The molecule has 2 aliphatic rings. The van der Waals surface area contributed by atoms with Crippen LogP contribution in [0, 0.1) is 0 Å². The van der Waals surface area contributed by atoms with E-state index in [0.29, 0.717) is 43.0 Å². The third-order valence-corrected chi connectivity index (χ3v) is 8.23. The summed E-state index contributed by atoms with van der Waals surface area (Å²) in [4.78, 5) is 40.2.